The molecule has 9 nitrogen and oxygen atoms in total. The zero-order chi connectivity index (χ0) is 21.8. The maximum absolute atomic E-state index is 12.1. The van der Waals surface area contributed by atoms with Gasteiger partial charge in [-0.15, -0.1) is 5.10 Å². The molecular weight excluding hydrogens is 463 g/mol. The molecule has 0 bridgehead atoms. The number of aromatic nitrogens is 2. The summed E-state index contributed by atoms with van der Waals surface area (Å²) in [6.45, 7) is 2.39. The summed E-state index contributed by atoms with van der Waals surface area (Å²) in [5, 5.41) is 13.8. The summed E-state index contributed by atoms with van der Waals surface area (Å²) < 4.78 is 54.3. The summed E-state index contributed by atoms with van der Waals surface area (Å²) in [4.78, 5) is 0. The second-order valence-electron chi connectivity index (χ2n) is 6.41. The number of primary sulfonamides is 2. The molecule has 1 aromatic heterocycles. The van der Waals surface area contributed by atoms with Gasteiger partial charge in [-0.2, -0.15) is 0 Å². The van der Waals surface area contributed by atoms with E-state index in [0.717, 1.165) is 12.8 Å². The molecule has 162 valence electrons. The van der Waals surface area contributed by atoms with E-state index >= 15 is 0 Å². The topological polar surface area (TPSA) is 147 Å². The van der Waals surface area contributed by atoms with Gasteiger partial charge in [-0.25, -0.2) is 27.1 Å². The number of nitrogens with two attached hydrogens (primary N) is 2. The molecule has 2 rings (SSSR count). The fraction of sp³-hybridized carbons (Fsp3) is 0.438. The molecule has 0 saturated carbocycles. The quantitative estimate of drug-likeness (QED) is 0.492. The Bertz CT molecular complexity index is 1070. The Labute approximate surface area is 180 Å². The van der Waals surface area contributed by atoms with Crippen molar-refractivity contribution >= 4 is 43.2 Å². The number of halogens is 2. The molecule has 0 radical (unpaired) electrons. The standard InChI is InChI=1S/C16H22Cl2N4O5S2/c1-2-3-6-27-16-8-14(15(29(20,25)26)10-28(19,23)24)22(21-16)9-11-4-5-12(17)7-13(11)18/h4-5,7-8,15H,2-3,6,9-10H2,1H3,(H2,19,23,24)(H2,20,25,26). The van der Waals surface area contributed by atoms with E-state index in [1.807, 2.05) is 6.92 Å². The van der Waals surface area contributed by atoms with Crippen molar-refractivity contribution in [2.45, 2.75) is 31.6 Å². The number of benzene rings is 1. The van der Waals surface area contributed by atoms with Gasteiger partial charge in [-0.3, -0.25) is 4.68 Å². The molecule has 1 heterocycles. The Hall–Kier alpha value is -1.37. The third kappa shape index (κ3) is 7.12. The van der Waals surface area contributed by atoms with Crippen LogP contribution in [0.2, 0.25) is 10.0 Å². The minimum absolute atomic E-state index is 0.0269. The molecule has 0 fully saturated rings. The molecule has 0 aliphatic carbocycles. The van der Waals surface area contributed by atoms with E-state index in [2.05, 4.69) is 5.10 Å². The Balaban J connectivity index is 2.51. The molecule has 0 saturated heterocycles. The van der Waals surface area contributed by atoms with Crippen LogP contribution in [0.15, 0.2) is 24.3 Å². The predicted molar refractivity (Wildman–Crippen MR) is 112 cm³/mol. The highest BCUT2D eigenvalue weighted by Crippen LogP contribution is 2.28. The third-order valence-corrected chi connectivity index (χ3v) is 6.78. The first-order chi connectivity index (χ1) is 13.4. The predicted octanol–water partition coefficient (Wildman–Crippen LogP) is 2.04. The summed E-state index contributed by atoms with van der Waals surface area (Å²) in [5.74, 6) is -0.762. The van der Waals surface area contributed by atoms with E-state index in [4.69, 9.17) is 38.2 Å². The Kier molecular flexibility index (Phi) is 7.93. The molecule has 0 aliphatic rings. The lowest BCUT2D eigenvalue weighted by atomic mass is 10.2. The SMILES string of the molecule is CCCCOc1cc(C(CS(N)(=O)=O)S(N)(=O)=O)n(Cc2ccc(Cl)cc2Cl)n1. The van der Waals surface area contributed by atoms with Gasteiger partial charge in [0.25, 0.3) is 0 Å². The normalized spacial score (nSPS) is 13.4. The molecule has 1 unspecified atom stereocenters. The zero-order valence-corrected chi connectivity index (χ0v) is 18.7. The molecule has 29 heavy (non-hydrogen) atoms. The van der Waals surface area contributed by atoms with Gasteiger partial charge in [0.2, 0.25) is 25.9 Å². The number of ether oxygens (including phenoxy) is 1. The van der Waals surface area contributed by atoms with E-state index < -0.39 is 31.0 Å². The van der Waals surface area contributed by atoms with Crippen LogP contribution in [0, 0.1) is 0 Å². The molecule has 0 amide bonds. The summed E-state index contributed by atoms with van der Waals surface area (Å²) in [5.41, 5.74) is 0.614. The molecule has 13 heteroatoms. The average Bonchev–Trinajstić information content (AvgIpc) is 2.96. The lowest BCUT2D eigenvalue weighted by Gasteiger charge is -2.16. The summed E-state index contributed by atoms with van der Waals surface area (Å²) >= 11 is 12.1. The van der Waals surface area contributed by atoms with Gasteiger partial charge in [0.15, 0.2) is 0 Å². The van der Waals surface area contributed by atoms with Gasteiger partial charge < -0.3 is 4.74 Å². The van der Waals surface area contributed by atoms with Crippen LogP contribution in [0.3, 0.4) is 0 Å². The van der Waals surface area contributed by atoms with Crippen LogP contribution in [0.4, 0.5) is 0 Å². The number of unbranched alkanes of at least 4 members (excludes halogenated alkanes) is 1. The zero-order valence-electron chi connectivity index (χ0n) is 15.6. The molecule has 2 aromatic rings. The first-order valence-corrected chi connectivity index (χ1v) is 12.7. The average molecular weight is 485 g/mol. The van der Waals surface area contributed by atoms with E-state index in [1.165, 1.54) is 16.8 Å². The van der Waals surface area contributed by atoms with Crippen molar-refractivity contribution in [2.24, 2.45) is 10.3 Å². The lowest BCUT2D eigenvalue weighted by molar-refractivity contribution is 0.294. The highest BCUT2D eigenvalue weighted by molar-refractivity contribution is 7.93. The van der Waals surface area contributed by atoms with Gasteiger partial charge in [-0.1, -0.05) is 42.6 Å². The van der Waals surface area contributed by atoms with Crippen LogP contribution < -0.4 is 15.0 Å². The highest BCUT2D eigenvalue weighted by atomic mass is 35.5. The minimum Gasteiger partial charge on any atom is -0.477 e. The number of nitrogens with zero attached hydrogens (tertiary/aromatic N) is 2. The van der Waals surface area contributed by atoms with E-state index in [-0.39, 0.29) is 18.1 Å². The lowest BCUT2D eigenvalue weighted by Crippen LogP contribution is -2.32. The second-order valence-corrected chi connectivity index (χ2v) is 10.7. The summed E-state index contributed by atoms with van der Waals surface area (Å²) in [7, 11) is -8.48. The number of rotatable bonds is 10. The number of hydrogen-bond acceptors (Lipinski definition) is 6. The second kappa shape index (κ2) is 9.63. The largest absolute Gasteiger partial charge is 0.477 e. The van der Waals surface area contributed by atoms with Crippen molar-refractivity contribution in [3.63, 3.8) is 0 Å². The first-order valence-electron chi connectivity index (χ1n) is 8.57. The fourth-order valence-electron chi connectivity index (χ4n) is 2.55. The van der Waals surface area contributed by atoms with Gasteiger partial charge in [0.1, 0.15) is 5.25 Å². The van der Waals surface area contributed by atoms with Gasteiger partial charge in [0, 0.05) is 16.1 Å². The molecular formula is C16H22Cl2N4O5S2. The van der Waals surface area contributed by atoms with Crippen molar-refractivity contribution in [2.75, 3.05) is 12.4 Å². The monoisotopic (exact) mass is 484 g/mol. The van der Waals surface area contributed by atoms with Crippen LogP contribution in [-0.4, -0.2) is 39.0 Å². The van der Waals surface area contributed by atoms with Gasteiger partial charge in [-0.05, 0) is 24.1 Å². The molecule has 0 aliphatic heterocycles. The smallest absolute Gasteiger partial charge is 0.233 e. The molecule has 1 atom stereocenters. The maximum Gasteiger partial charge on any atom is 0.233 e. The van der Waals surface area contributed by atoms with Gasteiger partial charge >= 0.3 is 0 Å². The Morgan fingerprint density at radius 1 is 1.17 bits per heavy atom. The van der Waals surface area contributed by atoms with Crippen molar-refractivity contribution in [1.82, 2.24) is 9.78 Å². The van der Waals surface area contributed by atoms with Crippen LogP contribution in [0.1, 0.15) is 36.3 Å². The Morgan fingerprint density at radius 2 is 1.86 bits per heavy atom. The molecule has 4 N–H and O–H groups in total. The maximum atomic E-state index is 12.1. The minimum atomic E-state index is -4.32. The highest BCUT2D eigenvalue weighted by Gasteiger charge is 2.32. The van der Waals surface area contributed by atoms with E-state index in [0.29, 0.717) is 22.2 Å². The van der Waals surface area contributed by atoms with Crippen LogP contribution in [-0.2, 0) is 26.6 Å². The van der Waals surface area contributed by atoms with E-state index in [1.54, 1.807) is 12.1 Å². The van der Waals surface area contributed by atoms with Crippen molar-refractivity contribution < 1.29 is 21.6 Å². The number of sulfonamides is 2. The van der Waals surface area contributed by atoms with Crippen LogP contribution in [0.25, 0.3) is 0 Å². The first kappa shape index (κ1) is 23.9. The van der Waals surface area contributed by atoms with Crippen molar-refractivity contribution in [3.05, 3.63) is 45.6 Å². The summed E-state index contributed by atoms with van der Waals surface area (Å²) in [6.07, 6.45) is 1.65. The fourth-order valence-corrected chi connectivity index (χ4v) is 5.47. The number of hydrogen-bond donors (Lipinski definition) is 2. The third-order valence-electron chi connectivity index (χ3n) is 3.98. The van der Waals surface area contributed by atoms with Gasteiger partial charge in [0.05, 0.1) is 24.6 Å². The Morgan fingerprint density at radius 3 is 2.41 bits per heavy atom. The molecule has 1 aromatic carbocycles. The van der Waals surface area contributed by atoms with Crippen molar-refractivity contribution in [1.29, 1.82) is 0 Å². The van der Waals surface area contributed by atoms with Crippen molar-refractivity contribution in [3.8, 4) is 5.88 Å². The summed E-state index contributed by atoms with van der Waals surface area (Å²) in [6, 6.07) is 6.15. The van der Waals surface area contributed by atoms with Crippen LogP contribution in [0.5, 0.6) is 5.88 Å². The molecule has 0 spiro atoms. The van der Waals surface area contributed by atoms with E-state index in [9.17, 15) is 16.8 Å². The van der Waals surface area contributed by atoms with Crippen LogP contribution >= 0.6 is 23.2 Å².